The van der Waals surface area contributed by atoms with Crippen molar-refractivity contribution in [3.8, 4) is 0 Å². The van der Waals surface area contributed by atoms with Crippen LogP contribution in [0.5, 0.6) is 0 Å². The average molecular weight is 353 g/mol. The lowest BCUT2D eigenvalue weighted by Crippen LogP contribution is -2.37. The van der Waals surface area contributed by atoms with Gasteiger partial charge in [-0.3, -0.25) is 0 Å². The van der Waals surface area contributed by atoms with E-state index < -0.39 is 6.09 Å². The molecule has 0 spiro atoms. The lowest BCUT2D eigenvalue weighted by atomic mass is 9.88. The minimum atomic E-state index is -0.986. The van der Waals surface area contributed by atoms with Crippen molar-refractivity contribution in [1.29, 1.82) is 0 Å². The third-order valence-corrected chi connectivity index (χ3v) is 4.64. The lowest BCUT2D eigenvalue weighted by molar-refractivity contribution is 0.188. The molecule has 0 fully saturated rings. The average Bonchev–Trinajstić information content (AvgIpc) is 2.62. The zero-order valence-corrected chi connectivity index (χ0v) is 14.7. The van der Waals surface area contributed by atoms with E-state index in [1.807, 2.05) is 42.5 Å². The number of urea groups is 1. The second-order valence-corrected chi connectivity index (χ2v) is 6.50. The summed E-state index contributed by atoms with van der Waals surface area (Å²) in [5.74, 6) is 0. The van der Waals surface area contributed by atoms with Gasteiger partial charge in [-0.15, -0.1) is 0 Å². The fraction of sp³-hybridized carbons (Fsp3) is 0.300. The summed E-state index contributed by atoms with van der Waals surface area (Å²) in [5, 5.41) is 17.1. The zero-order valence-electron chi connectivity index (χ0n) is 14.7. The Hall–Kier alpha value is -3.02. The maximum Gasteiger partial charge on any atom is 0.404 e. The van der Waals surface area contributed by atoms with Crippen molar-refractivity contribution in [3.63, 3.8) is 0 Å². The van der Waals surface area contributed by atoms with Crippen LogP contribution in [-0.4, -0.2) is 23.3 Å². The maximum atomic E-state index is 12.2. The smallest absolute Gasteiger partial charge is 0.404 e. The SMILES string of the molecule is CCc1ccc(NC(=O)Nc2ccc3c(c2)CCC(NC(=O)O)C3)cc1. The van der Waals surface area contributed by atoms with E-state index in [2.05, 4.69) is 22.9 Å². The topological polar surface area (TPSA) is 90.5 Å². The van der Waals surface area contributed by atoms with Crippen LogP contribution in [0.2, 0.25) is 0 Å². The molecule has 0 heterocycles. The largest absolute Gasteiger partial charge is 0.465 e. The number of hydrogen-bond donors (Lipinski definition) is 4. The molecule has 1 atom stereocenters. The summed E-state index contributed by atoms with van der Waals surface area (Å²) in [4.78, 5) is 23.0. The van der Waals surface area contributed by atoms with E-state index in [4.69, 9.17) is 5.11 Å². The Morgan fingerprint density at radius 3 is 2.42 bits per heavy atom. The quantitative estimate of drug-likeness (QED) is 0.669. The highest BCUT2D eigenvalue weighted by molar-refractivity contribution is 5.99. The predicted octanol–water partition coefficient (Wildman–Crippen LogP) is 4.02. The number of carbonyl (C=O) groups excluding carboxylic acids is 1. The third kappa shape index (κ3) is 4.53. The lowest BCUT2D eigenvalue weighted by Gasteiger charge is -2.25. The standard InChI is InChI=1S/C20H23N3O3/c1-2-13-3-7-16(8-4-13)21-19(24)22-17-9-5-15-12-18(23-20(25)26)10-6-14(15)11-17/h3-5,7-9,11,18,23H,2,6,10,12H2,1H3,(H,25,26)(H2,21,22,24). The van der Waals surface area contributed by atoms with Crippen LogP contribution in [-0.2, 0) is 19.3 Å². The number of amides is 3. The Morgan fingerprint density at radius 2 is 1.73 bits per heavy atom. The first kappa shape index (κ1) is 17.8. The first-order valence-electron chi connectivity index (χ1n) is 8.81. The second-order valence-electron chi connectivity index (χ2n) is 6.50. The second kappa shape index (κ2) is 7.91. The van der Waals surface area contributed by atoms with E-state index in [1.54, 1.807) is 0 Å². The Labute approximate surface area is 152 Å². The van der Waals surface area contributed by atoms with Crippen LogP contribution in [0.25, 0.3) is 0 Å². The highest BCUT2D eigenvalue weighted by Crippen LogP contribution is 2.25. The molecule has 6 heteroatoms. The minimum Gasteiger partial charge on any atom is -0.465 e. The maximum absolute atomic E-state index is 12.2. The fourth-order valence-electron chi connectivity index (χ4n) is 3.25. The Kier molecular flexibility index (Phi) is 5.41. The molecule has 6 nitrogen and oxygen atoms in total. The van der Waals surface area contributed by atoms with Gasteiger partial charge in [0.1, 0.15) is 0 Å². The molecule has 0 radical (unpaired) electrons. The van der Waals surface area contributed by atoms with Gasteiger partial charge in [0.25, 0.3) is 0 Å². The summed E-state index contributed by atoms with van der Waals surface area (Å²) in [6.45, 7) is 2.09. The van der Waals surface area contributed by atoms with Gasteiger partial charge in [0.05, 0.1) is 0 Å². The number of anilines is 2. The van der Waals surface area contributed by atoms with Gasteiger partial charge in [-0.05, 0) is 66.6 Å². The van der Waals surface area contributed by atoms with Gasteiger partial charge in [-0.25, -0.2) is 9.59 Å². The number of nitrogens with one attached hydrogen (secondary N) is 3. The van der Waals surface area contributed by atoms with Gasteiger partial charge in [-0.1, -0.05) is 25.1 Å². The molecular formula is C20H23N3O3. The summed E-state index contributed by atoms with van der Waals surface area (Å²) < 4.78 is 0. The van der Waals surface area contributed by atoms with Crippen molar-refractivity contribution in [3.05, 3.63) is 59.2 Å². The number of rotatable bonds is 4. The Balaban J connectivity index is 1.60. The molecule has 0 aliphatic heterocycles. The first-order chi connectivity index (χ1) is 12.5. The molecule has 0 saturated carbocycles. The van der Waals surface area contributed by atoms with Crippen molar-refractivity contribution in [2.45, 2.75) is 38.6 Å². The number of benzene rings is 2. The number of fused-ring (bicyclic) bond motifs is 1. The highest BCUT2D eigenvalue weighted by atomic mass is 16.4. The van der Waals surface area contributed by atoms with E-state index in [0.717, 1.165) is 41.8 Å². The minimum absolute atomic E-state index is 0.0480. The van der Waals surface area contributed by atoms with E-state index in [-0.39, 0.29) is 12.1 Å². The van der Waals surface area contributed by atoms with Gasteiger partial charge in [0.15, 0.2) is 0 Å². The number of carboxylic acid groups (broad SMARTS) is 1. The summed E-state index contributed by atoms with van der Waals surface area (Å²) >= 11 is 0. The van der Waals surface area contributed by atoms with Crippen molar-refractivity contribution in [2.24, 2.45) is 0 Å². The molecule has 0 saturated heterocycles. The molecule has 0 aromatic heterocycles. The van der Waals surface area contributed by atoms with Crippen LogP contribution in [0, 0.1) is 0 Å². The van der Waals surface area contributed by atoms with E-state index >= 15 is 0 Å². The Morgan fingerprint density at radius 1 is 1.04 bits per heavy atom. The predicted molar refractivity (Wildman–Crippen MR) is 102 cm³/mol. The van der Waals surface area contributed by atoms with E-state index in [9.17, 15) is 9.59 Å². The molecule has 3 rings (SSSR count). The van der Waals surface area contributed by atoms with E-state index in [0.29, 0.717) is 6.42 Å². The van der Waals surface area contributed by atoms with Crippen LogP contribution in [0.3, 0.4) is 0 Å². The van der Waals surface area contributed by atoms with Crippen molar-refractivity contribution in [2.75, 3.05) is 10.6 Å². The summed E-state index contributed by atoms with van der Waals surface area (Å²) in [6.07, 6.45) is 2.21. The van der Waals surface area contributed by atoms with Gasteiger partial charge in [0, 0.05) is 17.4 Å². The molecule has 26 heavy (non-hydrogen) atoms. The fourth-order valence-corrected chi connectivity index (χ4v) is 3.25. The molecular weight excluding hydrogens is 330 g/mol. The van der Waals surface area contributed by atoms with Crippen molar-refractivity contribution in [1.82, 2.24) is 5.32 Å². The van der Waals surface area contributed by atoms with Crippen molar-refractivity contribution < 1.29 is 14.7 Å². The van der Waals surface area contributed by atoms with Crippen molar-refractivity contribution >= 4 is 23.5 Å². The van der Waals surface area contributed by atoms with E-state index in [1.165, 1.54) is 5.56 Å². The summed E-state index contributed by atoms with van der Waals surface area (Å²) in [5.41, 5.74) is 4.98. The van der Waals surface area contributed by atoms with Crippen LogP contribution in [0.4, 0.5) is 21.0 Å². The molecule has 0 bridgehead atoms. The molecule has 136 valence electrons. The van der Waals surface area contributed by atoms with Gasteiger partial charge >= 0.3 is 12.1 Å². The molecule has 1 aliphatic carbocycles. The number of aryl methyl sites for hydroxylation is 2. The van der Waals surface area contributed by atoms with Crippen LogP contribution >= 0.6 is 0 Å². The Bertz CT molecular complexity index is 802. The molecule has 1 aliphatic rings. The normalized spacial score (nSPS) is 15.7. The highest BCUT2D eigenvalue weighted by Gasteiger charge is 2.20. The van der Waals surface area contributed by atoms with Gasteiger partial charge in [0.2, 0.25) is 0 Å². The molecule has 2 aromatic carbocycles. The zero-order chi connectivity index (χ0) is 18.5. The monoisotopic (exact) mass is 353 g/mol. The summed E-state index contributed by atoms with van der Waals surface area (Å²) in [7, 11) is 0. The third-order valence-electron chi connectivity index (χ3n) is 4.64. The summed E-state index contributed by atoms with van der Waals surface area (Å²) in [6, 6.07) is 13.2. The number of hydrogen-bond acceptors (Lipinski definition) is 2. The first-order valence-corrected chi connectivity index (χ1v) is 8.81. The number of carbonyl (C=O) groups is 2. The molecule has 3 amide bonds. The van der Waals surface area contributed by atoms with Crippen LogP contribution in [0.15, 0.2) is 42.5 Å². The van der Waals surface area contributed by atoms with Crippen LogP contribution in [0.1, 0.15) is 30.0 Å². The van der Waals surface area contributed by atoms with Gasteiger partial charge in [-0.2, -0.15) is 0 Å². The molecule has 4 N–H and O–H groups in total. The molecule has 1 unspecified atom stereocenters. The molecule has 2 aromatic rings. The van der Waals surface area contributed by atoms with Crippen LogP contribution < -0.4 is 16.0 Å². The van der Waals surface area contributed by atoms with Gasteiger partial charge < -0.3 is 21.1 Å².